The Hall–Kier alpha value is -2.30. The summed E-state index contributed by atoms with van der Waals surface area (Å²) < 4.78 is 5.22. The minimum absolute atomic E-state index is 0.0330. The lowest BCUT2D eigenvalue weighted by atomic mass is 9.89. The molecule has 2 heterocycles. The summed E-state index contributed by atoms with van der Waals surface area (Å²) in [5, 5.41) is 5.86. The normalized spacial score (nSPS) is 16.2. The number of carbonyl (C=O) groups is 1. The van der Waals surface area contributed by atoms with Gasteiger partial charge in [-0.1, -0.05) is 35.9 Å². The second kappa shape index (κ2) is 6.54. The molecule has 0 saturated heterocycles. The Balaban J connectivity index is 1.78. The largest absolute Gasteiger partial charge is 0.497 e. The van der Waals surface area contributed by atoms with Crippen molar-refractivity contribution < 1.29 is 9.53 Å². The first-order valence-electron chi connectivity index (χ1n) is 7.97. The number of benzene rings is 2. The topological polar surface area (TPSA) is 38.3 Å². The van der Waals surface area contributed by atoms with E-state index in [-0.39, 0.29) is 11.8 Å². The van der Waals surface area contributed by atoms with Gasteiger partial charge in [0.05, 0.1) is 12.8 Å². The molecule has 0 saturated carbocycles. The molecule has 0 spiro atoms. The van der Waals surface area contributed by atoms with E-state index in [1.807, 2.05) is 48.5 Å². The van der Waals surface area contributed by atoms with Crippen molar-refractivity contribution in [3.8, 4) is 16.9 Å². The van der Waals surface area contributed by atoms with Crippen LogP contribution in [-0.4, -0.2) is 13.0 Å². The monoisotopic (exact) mass is 369 g/mol. The highest BCUT2D eigenvalue weighted by molar-refractivity contribution is 7.11. The van der Waals surface area contributed by atoms with E-state index >= 15 is 0 Å². The molecule has 2 aromatic carbocycles. The molecular formula is C20H16ClNO2S. The number of hydrogen-bond donors (Lipinski definition) is 1. The predicted octanol–water partition coefficient (Wildman–Crippen LogP) is 5.55. The highest BCUT2D eigenvalue weighted by atomic mass is 35.5. The van der Waals surface area contributed by atoms with Crippen LogP contribution in [0.15, 0.2) is 53.9 Å². The molecule has 5 heteroatoms. The first-order chi connectivity index (χ1) is 12.2. The van der Waals surface area contributed by atoms with Crippen LogP contribution in [0.5, 0.6) is 5.75 Å². The standard InChI is InChI=1S/C20H16ClNO2S/c1-24-15-7-5-12(6-8-15)17-11-25-20-16(10-18(23)22-19(17)20)13-3-2-4-14(21)9-13/h2-9,11,16H,10H2,1H3,(H,22,23)/t16-/m0/s1. The number of anilines is 1. The zero-order valence-electron chi connectivity index (χ0n) is 13.6. The summed E-state index contributed by atoms with van der Waals surface area (Å²) in [5.74, 6) is 0.888. The fourth-order valence-corrected chi connectivity index (χ4v) is 4.56. The van der Waals surface area contributed by atoms with E-state index in [4.69, 9.17) is 16.3 Å². The highest BCUT2D eigenvalue weighted by Crippen LogP contribution is 2.46. The van der Waals surface area contributed by atoms with Crippen LogP contribution in [-0.2, 0) is 4.79 Å². The fourth-order valence-electron chi connectivity index (χ4n) is 3.20. The molecule has 0 aliphatic carbocycles. The summed E-state index contributed by atoms with van der Waals surface area (Å²) in [7, 11) is 1.65. The van der Waals surface area contributed by atoms with Crippen LogP contribution in [0.25, 0.3) is 11.1 Å². The molecule has 3 aromatic rings. The molecule has 1 atom stereocenters. The lowest BCUT2D eigenvalue weighted by molar-refractivity contribution is -0.116. The number of halogens is 1. The van der Waals surface area contributed by atoms with Crippen molar-refractivity contribution in [1.82, 2.24) is 0 Å². The molecular weight excluding hydrogens is 354 g/mol. The van der Waals surface area contributed by atoms with Gasteiger partial charge in [0.25, 0.3) is 0 Å². The fraction of sp³-hybridized carbons (Fsp3) is 0.150. The first kappa shape index (κ1) is 16.2. The smallest absolute Gasteiger partial charge is 0.225 e. The molecule has 1 aromatic heterocycles. The zero-order valence-corrected chi connectivity index (χ0v) is 15.2. The number of methoxy groups -OCH3 is 1. The molecule has 126 valence electrons. The van der Waals surface area contributed by atoms with Crippen molar-refractivity contribution in [2.75, 3.05) is 12.4 Å². The Kier molecular flexibility index (Phi) is 4.24. The van der Waals surface area contributed by atoms with Crippen molar-refractivity contribution in [1.29, 1.82) is 0 Å². The second-order valence-corrected chi connectivity index (χ2v) is 7.32. The van der Waals surface area contributed by atoms with Gasteiger partial charge in [-0.15, -0.1) is 11.3 Å². The van der Waals surface area contributed by atoms with Gasteiger partial charge >= 0.3 is 0 Å². The SMILES string of the molecule is COc1ccc(-c2csc3c2NC(=O)C[C@H]3c2cccc(Cl)c2)cc1. The van der Waals surface area contributed by atoms with Crippen molar-refractivity contribution >= 4 is 34.5 Å². The van der Waals surface area contributed by atoms with Gasteiger partial charge in [0.1, 0.15) is 5.75 Å². The highest BCUT2D eigenvalue weighted by Gasteiger charge is 2.30. The molecule has 3 nitrogen and oxygen atoms in total. The van der Waals surface area contributed by atoms with Gasteiger partial charge in [0, 0.05) is 33.2 Å². The Morgan fingerprint density at radius 1 is 1.20 bits per heavy atom. The number of carbonyl (C=O) groups excluding carboxylic acids is 1. The van der Waals surface area contributed by atoms with E-state index in [0.717, 1.165) is 28.1 Å². The Morgan fingerprint density at radius 2 is 2.00 bits per heavy atom. The lowest BCUT2D eigenvalue weighted by Crippen LogP contribution is -2.22. The van der Waals surface area contributed by atoms with E-state index in [0.29, 0.717) is 11.4 Å². The maximum absolute atomic E-state index is 12.3. The molecule has 0 fully saturated rings. The molecule has 1 aliphatic rings. The average Bonchev–Trinajstić information content (AvgIpc) is 3.04. The van der Waals surface area contributed by atoms with Gasteiger partial charge in [0.15, 0.2) is 0 Å². The number of ether oxygens (including phenoxy) is 1. The van der Waals surface area contributed by atoms with Crippen LogP contribution in [0.1, 0.15) is 22.8 Å². The summed E-state index contributed by atoms with van der Waals surface area (Å²) in [6.45, 7) is 0. The molecule has 0 bridgehead atoms. The van der Waals surface area contributed by atoms with Crippen molar-refractivity contribution in [2.24, 2.45) is 0 Å². The van der Waals surface area contributed by atoms with Crippen molar-refractivity contribution in [2.45, 2.75) is 12.3 Å². The van der Waals surface area contributed by atoms with E-state index in [1.165, 1.54) is 4.88 Å². The minimum atomic E-state index is 0.0330. The van der Waals surface area contributed by atoms with Crippen molar-refractivity contribution in [3.63, 3.8) is 0 Å². The van der Waals surface area contributed by atoms with Crippen LogP contribution in [0, 0.1) is 0 Å². The maximum atomic E-state index is 12.3. The van der Waals surface area contributed by atoms with Gasteiger partial charge in [-0.25, -0.2) is 0 Å². The minimum Gasteiger partial charge on any atom is -0.497 e. The van der Waals surface area contributed by atoms with Crippen LogP contribution in [0.2, 0.25) is 5.02 Å². The molecule has 0 radical (unpaired) electrons. The third-order valence-electron chi connectivity index (χ3n) is 4.44. The van der Waals surface area contributed by atoms with E-state index in [2.05, 4.69) is 10.7 Å². The Bertz CT molecular complexity index is 933. The number of rotatable bonds is 3. The number of amides is 1. The molecule has 0 unspecified atom stereocenters. The number of hydrogen-bond acceptors (Lipinski definition) is 3. The van der Waals surface area contributed by atoms with Gasteiger partial charge in [-0.3, -0.25) is 4.79 Å². The van der Waals surface area contributed by atoms with Crippen molar-refractivity contribution in [3.05, 3.63) is 69.4 Å². The van der Waals surface area contributed by atoms with Crippen LogP contribution in [0.3, 0.4) is 0 Å². The van der Waals surface area contributed by atoms with Gasteiger partial charge < -0.3 is 10.1 Å². The quantitative estimate of drug-likeness (QED) is 0.657. The molecule has 1 N–H and O–H groups in total. The lowest BCUT2D eigenvalue weighted by Gasteiger charge is -2.24. The summed E-state index contributed by atoms with van der Waals surface area (Å²) in [6, 6.07) is 15.6. The van der Waals surface area contributed by atoms with Gasteiger partial charge in [0.2, 0.25) is 5.91 Å². The maximum Gasteiger partial charge on any atom is 0.225 e. The molecule has 1 aliphatic heterocycles. The summed E-state index contributed by atoms with van der Waals surface area (Å²) in [6.07, 6.45) is 0.440. The summed E-state index contributed by atoms with van der Waals surface area (Å²) in [5.41, 5.74) is 4.09. The van der Waals surface area contributed by atoms with Gasteiger partial charge in [-0.05, 0) is 35.4 Å². The molecule has 4 rings (SSSR count). The number of thiophene rings is 1. The predicted molar refractivity (Wildman–Crippen MR) is 103 cm³/mol. The summed E-state index contributed by atoms with van der Waals surface area (Å²) in [4.78, 5) is 13.5. The van der Waals surface area contributed by atoms with E-state index in [9.17, 15) is 4.79 Å². The Morgan fingerprint density at radius 3 is 2.72 bits per heavy atom. The third kappa shape index (κ3) is 3.03. The zero-order chi connectivity index (χ0) is 17.4. The number of fused-ring (bicyclic) bond motifs is 1. The molecule has 1 amide bonds. The van der Waals surface area contributed by atoms with E-state index in [1.54, 1.807) is 18.4 Å². The van der Waals surface area contributed by atoms with Crippen LogP contribution in [0.4, 0.5) is 5.69 Å². The van der Waals surface area contributed by atoms with Gasteiger partial charge in [-0.2, -0.15) is 0 Å². The second-order valence-electron chi connectivity index (χ2n) is 5.98. The third-order valence-corrected chi connectivity index (χ3v) is 5.77. The average molecular weight is 370 g/mol. The Labute approximate surface area is 155 Å². The van der Waals surface area contributed by atoms with E-state index < -0.39 is 0 Å². The number of nitrogens with one attached hydrogen (secondary N) is 1. The summed E-state index contributed by atoms with van der Waals surface area (Å²) >= 11 is 7.83. The van der Waals surface area contributed by atoms with Crippen LogP contribution >= 0.6 is 22.9 Å². The molecule has 25 heavy (non-hydrogen) atoms. The first-order valence-corrected chi connectivity index (χ1v) is 9.22. The van der Waals surface area contributed by atoms with Crippen LogP contribution < -0.4 is 10.1 Å².